The Morgan fingerprint density at radius 1 is 1.00 bits per heavy atom. The first kappa shape index (κ1) is 21.4. The SMILES string of the molecule is O=C(CO)c1ccc(Cn2ccc3cc(C4CCN(Cc5ncccn5)CC4)cnc32)cc1. The van der Waals surface area contributed by atoms with Crippen LogP contribution < -0.4 is 0 Å². The van der Waals surface area contributed by atoms with Gasteiger partial charge in [0.2, 0.25) is 0 Å². The summed E-state index contributed by atoms with van der Waals surface area (Å²) in [6, 6.07) is 13.6. The molecule has 168 valence electrons. The number of aliphatic hydroxyl groups is 1. The Morgan fingerprint density at radius 2 is 1.76 bits per heavy atom. The third-order valence-electron chi connectivity index (χ3n) is 6.44. The van der Waals surface area contributed by atoms with Crippen LogP contribution in [-0.2, 0) is 13.1 Å². The Bertz CT molecular complexity index is 1230. The number of pyridine rings is 1. The van der Waals surface area contributed by atoms with Gasteiger partial charge in [-0.15, -0.1) is 0 Å². The van der Waals surface area contributed by atoms with Gasteiger partial charge in [-0.05, 0) is 61.2 Å². The molecule has 4 heterocycles. The maximum Gasteiger partial charge on any atom is 0.188 e. The van der Waals surface area contributed by atoms with Crippen LogP contribution in [0.15, 0.2) is 67.3 Å². The molecule has 4 aromatic rings. The number of piperidine rings is 1. The quantitative estimate of drug-likeness (QED) is 0.443. The molecule has 1 N–H and O–H groups in total. The third kappa shape index (κ3) is 4.84. The highest BCUT2D eigenvalue weighted by Gasteiger charge is 2.22. The number of carbonyl (C=O) groups excluding carboxylic acids is 1. The summed E-state index contributed by atoms with van der Waals surface area (Å²) < 4.78 is 2.13. The number of aliphatic hydroxyl groups excluding tert-OH is 1. The molecule has 1 aliphatic heterocycles. The number of hydrogen-bond donors (Lipinski definition) is 1. The van der Waals surface area contributed by atoms with Gasteiger partial charge >= 0.3 is 0 Å². The van der Waals surface area contributed by atoms with Crippen LogP contribution in [0.2, 0.25) is 0 Å². The third-order valence-corrected chi connectivity index (χ3v) is 6.44. The topological polar surface area (TPSA) is 84.1 Å². The van der Waals surface area contributed by atoms with Gasteiger partial charge in [-0.1, -0.05) is 24.3 Å². The average Bonchev–Trinajstić information content (AvgIpc) is 3.27. The molecule has 0 spiro atoms. The summed E-state index contributed by atoms with van der Waals surface area (Å²) in [5, 5.41) is 10.2. The lowest BCUT2D eigenvalue weighted by atomic mass is 9.90. The van der Waals surface area contributed by atoms with Crippen molar-refractivity contribution < 1.29 is 9.90 Å². The van der Waals surface area contributed by atoms with E-state index in [1.54, 1.807) is 24.5 Å². The van der Waals surface area contributed by atoms with Crippen molar-refractivity contribution in [2.45, 2.75) is 31.8 Å². The zero-order chi connectivity index (χ0) is 22.6. The van der Waals surface area contributed by atoms with Crippen LogP contribution >= 0.6 is 0 Å². The van der Waals surface area contributed by atoms with E-state index < -0.39 is 6.61 Å². The van der Waals surface area contributed by atoms with Gasteiger partial charge in [0.1, 0.15) is 18.1 Å². The van der Waals surface area contributed by atoms with Crippen LogP contribution in [0.5, 0.6) is 0 Å². The molecule has 1 aromatic carbocycles. The van der Waals surface area contributed by atoms with E-state index in [0.717, 1.165) is 54.9 Å². The van der Waals surface area contributed by atoms with Gasteiger partial charge in [0.05, 0.1) is 6.54 Å². The van der Waals surface area contributed by atoms with E-state index in [9.17, 15) is 4.79 Å². The Balaban J connectivity index is 1.23. The number of Topliss-reactive ketones (excluding diaryl/α,β-unsaturated/α-hetero) is 1. The molecule has 0 bridgehead atoms. The van der Waals surface area contributed by atoms with Gasteiger partial charge in [-0.25, -0.2) is 15.0 Å². The molecular weight excluding hydrogens is 414 g/mol. The number of carbonyl (C=O) groups is 1. The van der Waals surface area contributed by atoms with E-state index in [-0.39, 0.29) is 5.78 Å². The van der Waals surface area contributed by atoms with E-state index in [1.807, 2.05) is 24.4 Å². The Hall–Kier alpha value is -3.42. The zero-order valence-corrected chi connectivity index (χ0v) is 18.5. The predicted octanol–water partition coefficient (Wildman–Crippen LogP) is 3.43. The van der Waals surface area contributed by atoms with E-state index >= 15 is 0 Å². The van der Waals surface area contributed by atoms with Crippen LogP contribution in [0.1, 0.15) is 46.1 Å². The summed E-state index contributed by atoms with van der Waals surface area (Å²) in [6.07, 6.45) is 9.92. The summed E-state index contributed by atoms with van der Waals surface area (Å²) in [7, 11) is 0. The lowest BCUT2D eigenvalue weighted by Crippen LogP contribution is -2.33. The number of benzene rings is 1. The minimum absolute atomic E-state index is 0.263. The summed E-state index contributed by atoms with van der Waals surface area (Å²) in [5.41, 5.74) is 3.89. The van der Waals surface area contributed by atoms with Crippen molar-refractivity contribution in [2.75, 3.05) is 19.7 Å². The van der Waals surface area contributed by atoms with Crippen molar-refractivity contribution in [3.05, 3.63) is 89.8 Å². The molecule has 0 radical (unpaired) electrons. The molecule has 0 saturated carbocycles. The second-order valence-corrected chi connectivity index (χ2v) is 8.62. The monoisotopic (exact) mass is 441 g/mol. The van der Waals surface area contributed by atoms with Crippen molar-refractivity contribution in [3.8, 4) is 0 Å². The predicted molar refractivity (Wildman–Crippen MR) is 126 cm³/mol. The van der Waals surface area contributed by atoms with Crippen LogP contribution in [-0.4, -0.2) is 55.0 Å². The number of ketones is 1. The number of aromatic nitrogens is 4. The van der Waals surface area contributed by atoms with Crippen LogP contribution in [0, 0.1) is 0 Å². The summed E-state index contributed by atoms with van der Waals surface area (Å²) >= 11 is 0. The van der Waals surface area contributed by atoms with Crippen molar-refractivity contribution in [3.63, 3.8) is 0 Å². The fourth-order valence-electron chi connectivity index (χ4n) is 4.57. The van der Waals surface area contributed by atoms with E-state index in [0.29, 0.717) is 18.0 Å². The second-order valence-electron chi connectivity index (χ2n) is 8.62. The summed E-state index contributed by atoms with van der Waals surface area (Å²) in [5.74, 6) is 1.14. The molecule has 1 saturated heterocycles. The molecule has 7 heteroatoms. The summed E-state index contributed by atoms with van der Waals surface area (Å²) in [4.78, 5) is 27.5. The maximum absolute atomic E-state index is 11.6. The molecule has 33 heavy (non-hydrogen) atoms. The van der Waals surface area contributed by atoms with Gasteiger partial charge < -0.3 is 9.67 Å². The van der Waals surface area contributed by atoms with Gasteiger partial charge in [0.15, 0.2) is 5.78 Å². The molecule has 0 amide bonds. The van der Waals surface area contributed by atoms with Crippen LogP contribution in [0.4, 0.5) is 0 Å². The first-order valence-electron chi connectivity index (χ1n) is 11.4. The lowest BCUT2D eigenvalue weighted by Gasteiger charge is -2.31. The first-order chi connectivity index (χ1) is 16.2. The highest BCUT2D eigenvalue weighted by molar-refractivity contribution is 5.96. The van der Waals surface area contributed by atoms with Crippen molar-refractivity contribution in [1.82, 2.24) is 24.4 Å². The molecule has 3 aromatic heterocycles. The van der Waals surface area contributed by atoms with Crippen LogP contribution in [0.3, 0.4) is 0 Å². The standard InChI is InChI=1S/C26H27N5O2/c32-18-24(33)21-4-2-19(3-5-21)16-31-13-8-22-14-23(15-29-26(22)31)20-6-11-30(12-7-20)17-25-27-9-1-10-28-25/h1-5,8-10,13-15,20,32H,6-7,11-12,16-18H2. The normalized spacial score (nSPS) is 15.2. The highest BCUT2D eigenvalue weighted by atomic mass is 16.3. The smallest absolute Gasteiger partial charge is 0.188 e. The number of likely N-dealkylation sites (tertiary alicyclic amines) is 1. The van der Waals surface area contributed by atoms with Gasteiger partial charge in [-0.2, -0.15) is 0 Å². The Kier molecular flexibility index (Phi) is 6.24. The van der Waals surface area contributed by atoms with Crippen molar-refractivity contribution in [1.29, 1.82) is 0 Å². The number of hydrogen-bond acceptors (Lipinski definition) is 6. The van der Waals surface area contributed by atoms with E-state index in [2.05, 4.69) is 37.8 Å². The molecular formula is C26H27N5O2. The Morgan fingerprint density at radius 3 is 2.48 bits per heavy atom. The minimum atomic E-state index is -0.464. The first-order valence-corrected chi connectivity index (χ1v) is 11.4. The fourth-order valence-corrected chi connectivity index (χ4v) is 4.57. The van der Waals surface area contributed by atoms with E-state index in [1.165, 1.54) is 5.56 Å². The number of nitrogens with zero attached hydrogens (tertiary/aromatic N) is 5. The molecule has 7 nitrogen and oxygen atoms in total. The van der Waals surface area contributed by atoms with Crippen molar-refractivity contribution >= 4 is 16.8 Å². The minimum Gasteiger partial charge on any atom is -0.388 e. The molecule has 5 rings (SSSR count). The molecule has 1 fully saturated rings. The van der Waals surface area contributed by atoms with Gasteiger partial charge in [0, 0.05) is 42.3 Å². The average molecular weight is 442 g/mol. The van der Waals surface area contributed by atoms with Gasteiger partial charge in [-0.3, -0.25) is 9.69 Å². The second kappa shape index (κ2) is 9.60. The maximum atomic E-state index is 11.6. The number of rotatable bonds is 7. The zero-order valence-electron chi connectivity index (χ0n) is 18.5. The number of fused-ring (bicyclic) bond motifs is 1. The van der Waals surface area contributed by atoms with Crippen LogP contribution in [0.25, 0.3) is 11.0 Å². The molecule has 1 aliphatic rings. The van der Waals surface area contributed by atoms with Crippen molar-refractivity contribution in [2.24, 2.45) is 0 Å². The summed E-state index contributed by atoms with van der Waals surface area (Å²) in [6.45, 7) is 3.11. The Labute approximate surface area is 192 Å². The largest absolute Gasteiger partial charge is 0.388 e. The molecule has 0 unspecified atom stereocenters. The molecule has 0 atom stereocenters. The fraction of sp³-hybridized carbons (Fsp3) is 0.308. The van der Waals surface area contributed by atoms with E-state index in [4.69, 9.17) is 10.1 Å². The highest BCUT2D eigenvalue weighted by Crippen LogP contribution is 2.30. The molecule has 0 aliphatic carbocycles. The lowest BCUT2D eigenvalue weighted by molar-refractivity contribution is 0.0903. The van der Waals surface area contributed by atoms with Gasteiger partial charge in [0.25, 0.3) is 0 Å².